The van der Waals surface area contributed by atoms with Crippen LogP contribution in [0.1, 0.15) is 6.92 Å². The van der Waals surface area contributed by atoms with Crippen LogP contribution in [0.15, 0.2) is 0 Å². The van der Waals surface area contributed by atoms with E-state index in [4.69, 9.17) is 4.79 Å². The molecule has 0 saturated carbocycles. The van der Waals surface area contributed by atoms with E-state index < -0.39 is 0 Å². The summed E-state index contributed by atoms with van der Waals surface area (Å²) in [5, 5.41) is 0. The van der Waals surface area contributed by atoms with E-state index in [-0.39, 0.29) is 40.4 Å². The van der Waals surface area contributed by atoms with Crippen LogP contribution in [0.5, 0.6) is 0 Å². The number of rotatable bonds is 0. The van der Waals surface area contributed by atoms with Gasteiger partial charge in [0.2, 0.25) is 0 Å². The molecule has 0 aromatic rings. The number of carbonyl (C=O) groups excluding carboxylic acids is 1. The molecule has 0 fully saturated rings. The molecule has 0 unspecified atom stereocenters. The van der Waals surface area contributed by atoms with E-state index in [1.54, 1.807) is 0 Å². The van der Waals surface area contributed by atoms with Crippen LogP contribution in [0, 0.1) is 40.4 Å². The van der Waals surface area contributed by atoms with Crippen LogP contribution >= 0.6 is 0 Å². The number of hydrogen-bond acceptors (Lipinski definition) is 1. The molecule has 4 heavy (non-hydrogen) atoms. The van der Waals surface area contributed by atoms with Gasteiger partial charge in [-0.3, -0.25) is 0 Å². The maximum Gasteiger partial charge on any atom is 0.116 e. The second-order valence-electron chi connectivity index (χ2n) is 0.236. The molecule has 0 N–H and O–H groups in total. The van der Waals surface area contributed by atoms with Crippen molar-refractivity contribution in [1.29, 1.82) is 0 Å². The quantitative estimate of drug-likeness (QED) is 0.504. The van der Waals surface area contributed by atoms with Crippen LogP contribution in [0.25, 0.3) is 0 Å². The summed E-state index contributed by atoms with van der Waals surface area (Å²) >= 11 is 0. The van der Waals surface area contributed by atoms with E-state index >= 15 is 0 Å². The molecule has 0 aromatic heterocycles. The Labute approximate surface area is 57.9 Å². The number of hydrogen-bond donors (Lipinski definition) is 0. The zero-order valence-corrected chi connectivity index (χ0v) is 5.01. The van der Waals surface area contributed by atoms with Crippen molar-refractivity contribution in [3.63, 3.8) is 0 Å². The molecule has 0 heterocycles. The molecule has 0 atom stereocenters. The Morgan fingerprint density at radius 3 is 1.75 bits per heavy atom. The van der Waals surface area contributed by atoms with Crippen LogP contribution in [0.4, 0.5) is 0 Å². The van der Waals surface area contributed by atoms with E-state index in [0.717, 1.165) is 6.29 Å². The minimum absolute atomic E-state index is 0. The largest absolute Gasteiger partial charge is 0.304 e. The van der Waals surface area contributed by atoms with Crippen molar-refractivity contribution in [2.24, 2.45) is 0 Å². The minimum atomic E-state index is 0. The molecule has 2 heteroatoms. The maximum absolute atomic E-state index is 8.81. The minimum Gasteiger partial charge on any atom is -0.304 e. The first kappa shape index (κ1) is 8.89. The summed E-state index contributed by atoms with van der Waals surface area (Å²) in [7, 11) is 0. The average molecular weight is 194 g/mol. The van der Waals surface area contributed by atoms with Crippen LogP contribution in [0.2, 0.25) is 0 Å². The van der Waals surface area contributed by atoms with Gasteiger partial charge in [-0.25, -0.2) is 0 Å². The molecule has 24 valence electrons. The Kier molecular flexibility index (Phi) is 20.0. The Balaban J connectivity index is 0. The molecule has 0 amide bonds. The van der Waals surface area contributed by atoms with Crippen molar-refractivity contribution in [3.05, 3.63) is 0 Å². The van der Waals surface area contributed by atoms with Gasteiger partial charge in [-0.05, 0) is 6.92 Å². The van der Waals surface area contributed by atoms with Crippen LogP contribution in [-0.2, 0) is 4.79 Å². The van der Waals surface area contributed by atoms with Crippen molar-refractivity contribution in [2.45, 2.75) is 6.92 Å². The van der Waals surface area contributed by atoms with Crippen molar-refractivity contribution in [3.8, 4) is 0 Å². The fraction of sp³-hybridized carbons (Fsp3) is 0.500. The van der Waals surface area contributed by atoms with Gasteiger partial charge in [0, 0.05) is 40.4 Å². The van der Waals surface area contributed by atoms with Gasteiger partial charge in [0.1, 0.15) is 6.29 Å². The van der Waals surface area contributed by atoms with Gasteiger partial charge in [-0.1, -0.05) is 0 Å². The van der Waals surface area contributed by atoms with E-state index in [0.29, 0.717) is 0 Å². The molecule has 0 spiro atoms. The Hall–Kier alpha value is 1.01. The second kappa shape index (κ2) is 8.99. The molecule has 0 aromatic carbocycles. The Morgan fingerprint density at radius 2 is 1.75 bits per heavy atom. The second-order valence-corrected chi connectivity index (χ2v) is 0.236. The SMILES string of the molecule is CC=O.[Sm]. The fourth-order valence-electron chi connectivity index (χ4n) is 0. The van der Waals surface area contributed by atoms with Gasteiger partial charge in [0.05, 0.1) is 0 Å². The van der Waals surface area contributed by atoms with Crippen LogP contribution in [-0.4, -0.2) is 6.29 Å². The molecular weight excluding hydrogens is 190 g/mol. The predicted octanol–water partition coefficient (Wildman–Crippen LogP) is 0.205. The monoisotopic (exact) mass is 196 g/mol. The predicted molar refractivity (Wildman–Crippen MR) is 11.7 cm³/mol. The first-order valence-corrected chi connectivity index (χ1v) is 0.813. The zero-order valence-electron chi connectivity index (χ0n) is 2.39. The van der Waals surface area contributed by atoms with E-state index in [2.05, 4.69) is 0 Å². The molecule has 0 rings (SSSR count). The summed E-state index contributed by atoms with van der Waals surface area (Å²) in [4.78, 5) is 8.81. The summed E-state index contributed by atoms with van der Waals surface area (Å²) in [6, 6.07) is 0. The van der Waals surface area contributed by atoms with Crippen molar-refractivity contribution in [1.82, 2.24) is 0 Å². The topological polar surface area (TPSA) is 17.1 Å². The van der Waals surface area contributed by atoms with Gasteiger partial charge in [0.15, 0.2) is 0 Å². The van der Waals surface area contributed by atoms with Gasteiger partial charge >= 0.3 is 0 Å². The first-order chi connectivity index (χ1) is 1.41. The third-order valence-electron chi connectivity index (χ3n) is 0. The van der Waals surface area contributed by atoms with Crippen molar-refractivity contribution in [2.75, 3.05) is 0 Å². The molecule has 0 aliphatic rings. The van der Waals surface area contributed by atoms with E-state index in [1.165, 1.54) is 6.92 Å². The zero-order chi connectivity index (χ0) is 2.71. The molecule has 0 aliphatic carbocycles. The van der Waals surface area contributed by atoms with Gasteiger partial charge in [-0.2, -0.15) is 0 Å². The molecule has 0 bridgehead atoms. The fourth-order valence-corrected chi connectivity index (χ4v) is 0. The molecule has 0 saturated heterocycles. The van der Waals surface area contributed by atoms with Gasteiger partial charge in [0.25, 0.3) is 0 Å². The summed E-state index contributed by atoms with van der Waals surface area (Å²) in [5.74, 6) is 0. The molecule has 0 aliphatic heterocycles. The Morgan fingerprint density at radius 1 is 1.75 bits per heavy atom. The summed E-state index contributed by atoms with van der Waals surface area (Å²) in [6.07, 6.45) is 0.750. The van der Waals surface area contributed by atoms with Gasteiger partial charge in [-0.15, -0.1) is 0 Å². The van der Waals surface area contributed by atoms with Gasteiger partial charge < -0.3 is 4.79 Å². The molecule has 1 nitrogen and oxygen atoms in total. The number of carbonyl (C=O) groups is 1. The van der Waals surface area contributed by atoms with Crippen molar-refractivity contribution >= 4 is 6.29 Å². The summed E-state index contributed by atoms with van der Waals surface area (Å²) in [5.41, 5.74) is 0. The van der Waals surface area contributed by atoms with Crippen LogP contribution in [0.3, 0.4) is 0 Å². The smallest absolute Gasteiger partial charge is 0.116 e. The third-order valence-corrected chi connectivity index (χ3v) is 0. The summed E-state index contributed by atoms with van der Waals surface area (Å²) in [6.45, 7) is 1.44. The average Bonchev–Trinajstić information content (AvgIpc) is 0.918. The number of aldehydes is 1. The molecular formula is C2H4OSm. The van der Waals surface area contributed by atoms with Crippen LogP contribution < -0.4 is 0 Å². The maximum atomic E-state index is 8.81. The van der Waals surface area contributed by atoms with E-state index in [1.807, 2.05) is 0 Å². The summed E-state index contributed by atoms with van der Waals surface area (Å²) < 4.78 is 0. The van der Waals surface area contributed by atoms with E-state index in [9.17, 15) is 0 Å². The third kappa shape index (κ3) is 11.9. The Bertz CT molecular complexity index is 13.5. The normalized spacial score (nSPS) is 3.25. The van der Waals surface area contributed by atoms with Crippen molar-refractivity contribution < 1.29 is 45.2 Å². The molecule has 0 radical (unpaired) electrons. The first-order valence-electron chi connectivity index (χ1n) is 0.813. The standard InChI is InChI=1S/C2H4O.Sm/c1-2-3;/h2H,1H3;.